The third-order valence-electron chi connectivity index (χ3n) is 3.43. The van der Waals surface area contributed by atoms with Crippen molar-refractivity contribution in [3.05, 3.63) is 45.4 Å². The summed E-state index contributed by atoms with van der Waals surface area (Å²) in [6.07, 6.45) is 1.70. The molecule has 2 aromatic rings. The second-order valence-electron chi connectivity index (χ2n) is 4.55. The molecule has 4 nitrogen and oxygen atoms in total. The molecule has 96 valence electrons. The van der Waals surface area contributed by atoms with Crippen molar-refractivity contribution in [2.75, 3.05) is 4.90 Å². The number of Topliss-reactive ketones (excluding diaryl/α,β-unsaturated/α-hetero) is 1. The number of rotatable bonds is 2. The molecule has 5 heteroatoms. The second-order valence-corrected chi connectivity index (χ2v) is 5.53. The van der Waals surface area contributed by atoms with Crippen LogP contribution < -0.4 is 4.90 Å². The lowest BCUT2D eigenvalue weighted by Gasteiger charge is -2.18. The first-order chi connectivity index (χ1) is 9.09. The summed E-state index contributed by atoms with van der Waals surface area (Å²) in [6, 6.07) is 3.62. The van der Waals surface area contributed by atoms with Crippen molar-refractivity contribution in [2.45, 2.75) is 20.4 Å². The molecule has 0 saturated carbocycles. The predicted molar refractivity (Wildman–Crippen MR) is 73.6 cm³/mol. The number of aryl methyl sites for hydroxylation is 1. The van der Waals surface area contributed by atoms with Crippen LogP contribution >= 0.6 is 11.3 Å². The minimum atomic E-state index is -0.459. The molecule has 0 aliphatic carbocycles. The lowest BCUT2D eigenvalue weighted by atomic mass is 10.0. The van der Waals surface area contributed by atoms with Crippen LogP contribution in [0.2, 0.25) is 0 Å². The molecular formula is C14H12N2O2S. The van der Waals surface area contributed by atoms with Gasteiger partial charge in [-0.15, -0.1) is 11.3 Å². The summed E-state index contributed by atoms with van der Waals surface area (Å²) in [6.45, 7) is 4.28. The maximum atomic E-state index is 12.1. The zero-order valence-corrected chi connectivity index (χ0v) is 11.5. The van der Waals surface area contributed by atoms with Gasteiger partial charge in [-0.05, 0) is 31.0 Å². The minimum Gasteiger partial charge on any atom is -0.298 e. The van der Waals surface area contributed by atoms with Crippen molar-refractivity contribution in [2.24, 2.45) is 0 Å². The third kappa shape index (κ3) is 1.77. The summed E-state index contributed by atoms with van der Waals surface area (Å²) in [4.78, 5) is 29.8. The summed E-state index contributed by atoms with van der Waals surface area (Å²) < 4.78 is 0. The highest BCUT2D eigenvalue weighted by Gasteiger charge is 2.37. The van der Waals surface area contributed by atoms with Crippen molar-refractivity contribution in [3.63, 3.8) is 0 Å². The normalized spacial score (nSPS) is 14.1. The van der Waals surface area contributed by atoms with E-state index in [0.29, 0.717) is 12.1 Å². The van der Waals surface area contributed by atoms with Crippen LogP contribution in [0.1, 0.15) is 26.5 Å². The fraction of sp³-hybridized carbons (Fsp3) is 0.214. The Morgan fingerprint density at radius 2 is 2.05 bits per heavy atom. The fourth-order valence-electron chi connectivity index (χ4n) is 2.29. The molecule has 1 aliphatic heterocycles. The van der Waals surface area contributed by atoms with Crippen LogP contribution in [0.4, 0.5) is 5.69 Å². The van der Waals surface area contributed by atoms with E-state index in [-0.39, 0.29) is 0 Å². The highest BCUT2D eigenvalue weighted by atomic mass is 32.1. The lowest BCUT2D eigenvalue weighted by Crippen LogP contribution is -2.29. The van der Waals surface area contributed by atoms with Gasteiger partial charge in [-0.25, -0.2) is 4.98 Å². The molecule has 0 saturated heterocycles. The number of anilines is 1. The van der Waals surface area contributed by atoms with Crippen molar-refractivity contribution >= 4 is 28.7 Å². The highest BCUT2D eigenvalue weighted by molar-refractivity contribution is 7.09. The van der Waals surface area contributed by atoms with Crippen molar-refractivity contribution in [3.8, 4) is 0 Å². The number of nitrogens with zero attached hydrogens (tertiary/aromatic N) is 2. The number of thiazole rings is 1. The first-order valence-electron chi connectivity index (χ1n) is 5.94. The predicted octanol–water partition coefficient (Wildman–Crippen LogP) is 2.49. The van der Waals surface area contributed by atoms with Gasteiger partial charge in [0, 0.05) is 11.6 Å². The van der Waals surface area contributed by atoms with E-state index in [1.165, 1.54) is 11.3 Å². The average Bonchev–Trinajstić information content (AvgIpc) is 2.98. The quantitative estimate of drug-likeness (QED) is 0.789. The molecule has 2 heterocycles. The smallest absolute Gasteiger partial charge is 0.298 e. The van der Waals surface area contributed by atoms with Crippen LogP contribution in [0.5, 0.6) is 0 Å². The number of benzene rings is 1. The maximum Gasteiger partial charge on any atom is 0.299 e. The molecule has 0 atom stereocenters. The third-order valence-corrected chi connectivity index (χ3v) is 4.20. The fourth-order valence-corrected chi connectivity index (χ4v) is 2.89. The standard InChI is InChI=1S/C14H12N2O2S/c1-8-3-4-10-12(9(8)2)16(14(18)13(10)17)7-11-15-5-6-19-11/h3-6H,7H2,1-2H3. The molecule has 0 spiro atoms. The molecule has 3 rings (SSSR count). The first kappa shape index (κ1) is 12.0. The average molecular weight is 272 g/mol. The van der Waals surface area contributed by atoms with Gasteiger partial charge in [0.2, 0.25) is 0 Å². The summed E-state index contributed by atoms with van der Waals surface area (Å²) >= 11 is 1.48. The monoisotopic (exact) mass is 272 g/mol. The Labute approximate surface area is 114 Å². The van der Waals surface area contributed by atoms with Crippen LogP contribution in [0.15, 0.2) is 23.7 Å². The van der Waals surface area contributed by atoms with E-state index < -0.39 is 11.7 Å². The largest absolute Gasteiger partial charge is 0.299 e. The van der Waals surface area contributed by atoms with Gasteiger partial charge in [-0.3, -0.25) is 14.5 Å². The van der Waals surface area contributed by atoms with E-state index in [2.05, 4.69) is 4.98 Å². The van der Waals surface area contributed by atoms with Crippen LogP contribution in [-0.4, -0.2) is 16.7 Å². The summed E-state index contributed by atoms with van der Waals surface area (Å²) in [5.74, 6) is -0.881. The van der Waals surface area contributed by atoms with E-state index in [1.807, 2.05) is 25.3 Å². The van der Waals surface area contributed by atoms with Gasteiger partial charge < -0.3 is 0 Å². The molecule has 0 radical (unpaired) electrons. The summed E-state index contributed by atoms with van der Waals surface area (Å²) in [5.41, 5.74) is 3.30. The zero-order chi connectivity index (χ0) is 13.6. The van der Waals surface area contributed by atoms with Gasteiger partial charge in [-0.2, -0.15) is 0 Å². The van der Waals surface area contributed by atoms with Crippen molar-refractivity contribution in [1.82, 2.24) is 4.98 Å². The summed E-state index contributed by atoms with van der Waals surface area (Å²) in [5, 5.41) is 2.69. The number of aromatic nitrogens is 1. The number of carbonyl (C=O) groups excluding carboxylic acids is 2. The zero-order valence-electron chi connectivity index (χ0n) is 10.6. The van der Waals surface area contributed by atoms with E-state index in [1.54, 1.807) is 17.2 Å². The van der Waals surface area contributed by atoms with Crippen molar-refractivity contribution in [1.29, 1.82) is 0 Å². The molecular weight excluding hydrogens is 260 g/mol. The minimum absolute atomic E-state index is 0.361. The molecule has 1 amide bonds. The molecule has 19 heavy (non-hydrogen) atoms. The van der Waals surface area contributed by atoms with Gasteiger partial charge in [0.05, 0.1) is 17.8 Å². The number of fused-ring (bicyclic) bond motifs is 1. The highest BCUT2D eigenvalue weighted by Crippen LogP contribution is 2.35. The maximum absolute atomic E-state index is 12.1. The molecule has 0 bridgehead atoms. The Hall–Kier alpha value is -2.01. The van der Waals surface area contributed by atoms with E-state index >= 15 is 0 Å². The van der Waals surface area contributed by atoms with Gasteiger partial charge >= 0.3 is 0 Å². The van der Waals surface area contributed by atoms with Crippen LogP contribution in [0.25, 0.3) is 0 Å². The lowest BCUT2D eigenvalue weighted by molar-refractivity contribution is -0.114. The van der Waals surface area contributed by atoms with Gasteiger partial charge in [0.15, 0.2) is 0 Å². The van der Waals surface area contributed by atoms with Gasteiger partial charge in [0.1, 0.15) is 5.01 Å². The van der Waals surface area contributed by atoms with E-state index in [4.69, 9.17) is 0 Å². The van der Waals surface area contributed by atoms with E-state index in [0.717, 1.165) is 21.8 Å². The molecule has 1 aromatic carbocycles. The molecule has 0 unspecified atom stereocenters. The number of amides is 1. The molecule has 0 fully saturated rings. The van der Waals surface area contributed by atoms with Crippen LogP contribution in [-0.2, 0) is 11.3 Å². The molecule has 1 aliphatic rings. The molecule has 0 N–H and O–H groups in total. The summed E-state index contributed by atoms with van der Waals surface area (Å²) in [7, 11) is 0. The van der Waals surface area contributed by atoms with Gasteiger partial charge in [0.25, 0.3) is 11.7 Å². The Balaban J connectivity index is 2.10. The van der Waals surface area contributed by atoms with Crippen LogP contribution in [0, 0.1) is 13.8 Å². The van der Waals surface area contributed by atoms with Crippen molar-refractivity contribution < 1.29 is 9.59 Å². The topological polar surface area (TPSA) is 50.3 Å². The Bertz CT molecular complexity index is 677. The number of hydrogen-bond acceptors (Lipinski definition) is 4. The van der Waals surface area contributed by atoms with E-state index in [9.17, 15) is 9.59 Å². The Morgan fingerprint density at radius 3 is 2.74 bits per heavy atom. The van der Waals surface area contributed by atoms with Crippen LogP contribution in [0.3, 0.4) is 0 Å². The number of ketones is 1. The SMILES string of the molecule is Cc1ccc2c(c1C)N(Cc1nccs1)C(=O)C2=O. The first-order valence-corrected chi connectivity index (χ1v) is 6.82. The Kier molecular flexibility index (Phi) is 2.71. The number of carbonyl (C=O) groups is 2. The Morgan fingerprint density at radius 1 is 1.26 bits per heavy atom. The number of hydrogen-bond donors (Lipinski definition) is 0. The molecule has 1 aromatic heterocycles. The second kappa shape index (κ2) is 4.28. The van der Waals surface area contributed by atoms with Gasteiger partial charge in [-0.1, -0.05) is 6.07 Å².